The maximum atomic E-state index is 12.4. The molecule has 0 bridgehead atoms. The van der Waals surface area contributed by atoms with Gasteiger partial charge in [0.1, 0.15) is 15.2 Å². The molecule has 1 N–H and O–H groups in total. The van der Waals surface area contributed by atoms with Gasteiger partial charge in [-0.15, -0.1) is 11.3 Å². The average Bonchev–Trinajstić information content (AvgIpc) is 2.95. The molecule has 1 saturated heterocycles. The molecule has 0 atom stereocenters. The minimum Gasteiger partial charge on any atom is -0.481 e. The normalized spacial score (nSPS) is 17.5. The van der Waals surface area contributed by atoms with Gasteiger partial charge in [0.2, 0.25) is 0 Å². The Morgan fingerprint density at radius 3 is 2.62 bits per heavy atom. The molecule has 2 rings (SSSR count). The third kappa shape index (κ3) is 3.81. The van der Waals surface area contributed by atoms with Crippen molar-refractivity contribution in [2.75, 3.05) is 13.1 Å². The van der Waals surface area contributed by atoms with Crippen LogP contribution in [0.5, 0.6) is 0 Å². The summed E-state index contributed by atoms with van der Waals surface area (Å²) in [7, 11) is -3.52. The van der Waals surface area contributed by atoms with Crippen molar-refractivity contribution in [3.8, 4) is 6.07 Å². The van der Waals surface area contributed by atoms with Crippen LogP contribution in [0, 0.1) is 17.2 Å². The summed E-state index contributed by atoms with van der Waals surface area (Å²) in [5.41, 5.74) is 0. The highest BCUT2D eigenvalue weighted by molar-refractivity contribution is 7.91. The number of hydrogen-bond donors (Lipinski definition) is 1. The van der Waals surface area contributed by atoms with E-state index in [0.717, 1.165) is 11.3 Å². The smallest absolute Gasteiger partial charge is 0.303 e. The summed E-state index contributed by atoms with van der Waals surface area (Å²) >= 11 is 0.980. The average molecular weight is 328 g/mol. The lowest BCUT2D eigenvalue weighted by Crippen LogP contribution is -2.38. The fourth-order valence-electron chi connectivity index (χ4n) is 2.41. The van der Waals surface area contributed by atoms with Crippen molar-refractivity contribution >= 4 is 27.3 Å². The summed E-state index contributed by atoms with van der Waals surface area (Å²) < 4.78 is 26.5. The first kappa shape index (κ1) is 15.9. The van der Waals surface area contributed by atoms with E-state index in [-0.39, 0.29) is 16.5 Å². The Morgan fingerprint density at radius 2 is 2.10 bits per heavy atom. The second-order valence-corrected chi connectivity index (χ2v) is 8.26. The molecule has 2 heterocycles. The van der Waals surface area contributed by atoms with Crippen LogP contribution in [0.2, 0.25) is 0 Å². The van der Waals surface area contributed by atoms with Gasteiger partial charge < -0.3 is 5.11 Å². The fraction of sp³-hybridized carbons (Fsp3) is 0.538. The van der Waals surface area contributed by atoms with Crippen LogP contribution in [0.4, 0.5) is 0 Å². The molecule has 0 saturated carbocycles. The van der Waals surface area contributed by atoms with Crippen molar-refractivity contribution in [3.05, 3.63) is 17.0 Å². The summed E-state index contributed by atoms with van der Waals surface area (Å²) in [5, 5.41) is 17.4. The lowest BCUT2D eigenvalue weighted by atomic mass is 9.93. The number of piperidine rings is 1. The second kappa shape index (κ2) is 6.56. The highest BCUT2D eigenvalue weighted by Gasteiger charge is 2.30. The van der Waals surface area contributed by atoms with Crippen LogP contribution in [0.3, 0.4) is 0 Å². The van der Waals surface area contributed by atoms with E-state index in [4.69, 9.17) is 10.4 Å². The topological polar surface area (TPSA) is 98.5 Å². The van der Waals surface area contributed by atoms with Gasteiger partial charge in [-0.05, 0) is 37.3 Å². The molecule has 1 aromatic rings. The summed E-state index contributed by atoms with van der Waals surface area (Å²) in [5.74, 6) is -0.543. The Labute approximate surface area is 127 Å². The molecule has 1 aliphatic rings. The van der Waals surface area contributed by atoms with Gasteiger partial charge in [-0.2, -0.15) is 9.57 Å². The van der Waals surface area contributed by atoms with Crippen molar-refractivity contribution in [1.29, 1.82) is 5.26 Å². The van der Waals surface area contributed by atoms with Gasteiger partial charge in [0.05, 0.1) is 0 Å². The number of rotatable bonds is 5. The molecule has 114 valence electrons. The van der Waals surface area contributed by atoms with Gasteiger partial charge in [0, 0.05) is 19.5 Å². The number of sulfonamides is 1. The van der Waals surface area contributed by atoms with Gasteiger partial charge in [0.15, 0.2) is 0 Å². The zero-order valence-corrected chi connectivity index (χ0v) is 13.0. The number of carbonyl (C=O) groups is 1. The molecule has 6 nitrogen and oxygen atoms in total. The number of aliphatic carboxylic acids is 1. The summed E-state index contributed by atoms with van der Waals surface area (Å²) in [6.45, 7) is 0.818. The van der Waals surface area contributed by atoms with E-state index in [9.17, 15) is 13.2 Å². The Kier molecular flexibility index (Phi) is 4.98. The van der Waals surface area contributed by atoms with Gasteiger partial charge in [-0.1, -0.05) is 0 Å². The minimum atomic E-state index is -3.52. The van der Waals surface area contributed by atoms with Crippen molar-refractivity contribution < 1.29 is 18.3 Å². The molecule has 1 aliphatic heterocycles. The van der Waals surface area contributed by atoms with E-state index in [1.165, 1.54) is 16.4 Å². The Morgan fingerprint density at radius 1 is 1.43 bits per heavy atom. The molecule has 8 heteroatoms. The lowest BCUT2D eigenvalue weighted by molar-refractivity contribution is -0.137. The van der Waals surface area contributed by atoms with Crippen molar-refractivity contribution in [3.63, 3.8) is 0 Å². The molecule has 1 aromatic heterocycles. The van der Waals surface area contributed by atoms with E-state index in [1.807, 2.05) is 6.07 Å². The molecule has 21 heavy (non-hydrogen) atoms. The molecule has 0 amide bonds. The number of nitriles is 1. The number of carboxylic acid groups (broad SMARTS) is 1. The van der Waals surface area contributed by atoms with E-state index in [1.54, 1.807) is 0 Å². The SMILES string of the molecule is N#Cc1ccc(S(=O)(=O)N2CCC(CCC(=O)O)CC2)s1. The Bertz CT molecular complexity index is 652. The molecule has 0 aliphatic carbocycles. The van der Waals surface area contributed by atoms with Crippen LogP contribution in [0.25, 0.3) is 0 Å². The minimum absolute atomic E-state index is 0.133. The standard InChI is InChI=1S/C13H16N2O4S2/c14-9-11-2-4-13(20-11)21(18,19)15-7-5-10(6-8-15)1-3-12(16)17/h2,4,10H,1,3,5-8H2,(H,16,17). The van der Waals surface area contributed by atoms with E-state index in [2.05, 4.69) is 0 Å². The lowest BCUT2D eigenvalue weighted by Gasteiger charge is -2.30. The number of carboxylic acids is 1. The van der Waals surface area contributed by atoms with Crippen molar-refractivity contribution in [2.45, 2.75) is 29.9 Å². The number of hydrogen-bond acceptors (Lipinski definition) is 5. The van der Waals surface area contributed by atoms with Crippen LogP contribution in [0.1, 0.15) is 30.6 Å². The van der Waals surface area contributed by atoms with Crippen LogP contribution in [-0.2, 0) is 14.8 Å². The molecule has 0 radical (unpaired) electrons. The van der Waals surface area contributed by atoms with Crippen LogP contribution in [0.15, 0.2) is 16.3 Å². The Hall–Kier alpha value is -1.43. The molecule has 0 unspecified atom stereocenters. The third-order valence-corrected chi connectivity index (χ3v) is 6.98. The fourth-order valence-corrected chi connectivity index (χ4v) is 5.14. The Balaban J connectivity index is 1.98. The van der Waals surface area contributed by atoms with Gasteiger partial charge >= 0.3 is 5.97 Å². The first-order valence-electron chi connectivity index (χ1n) is 6.65. The largest absolute Gasteiger partial charge is 0.481 e. The quantitative estimate of drug-likeness (QED) is 0.890. The zero-order chi connectivity index (χ0) is 15.5. The first-order chi connectivity index (χ1) is 9.93. The van der Waals surface area contributed by atoms with Gasteiger partial charge in [0.25, 0.3) is 10.0 Å². The van der Waals surface area contributed by atoms with E-state index < -0.39 is 16.0 Å². The van der Waals surface area contributed by atoms with E-state index in [0.29, 0.717) is 37.2 Å². The van der Waals surface area contributed by atoms with Crippen LogP contribution in [-0.4, -0.2) is 36.9 Å². The monoisotopic (exact) mass is 328 g/mol. The molecular formula is C13H16N2O4S2. The number of nitrogens with zero attached hydrogens (tertiary/aromatic N) is 2. The first-order valence-corrected chi connectivity index (χ1v) is 8.91. The highest BCUT2D eigenvalue weighted by Crippen LogP contribution is 2.29. The molecule has 1 fully saturated rings. The van der Waals surface area contributed by atoms with Gasteiger partial charge in [-0.25, -0.2) is 8.42 Å². The predicted octanol–water partition coefficient (Wildman–Crippen LogP) is 1.89. The summed E-state index contributed by atoms with van der Waals surface area (Å²) in [6.07, 6.45) is 2.10. The molecule has 0 spiro atoms. The third-order valence-electron chi connectivity index (χ3n) is 3.63. The summed E-state index contributed by atoms with van der Waals surface area (Å²) in [6, 6.07) is 4.92. The van der Waals surface area contributed by atoms with Crippen LogP contribution >= 0.6 is 11.3 Å². The van der Waals surface area contributed by atoms with Crippen molar-refractivity contribution in [1.82, 2.24) is 4.31 Å². The summed E-state index contributed by atoms with van der Waals surface area (Å²) in [4.78, 5) is 10.9. The maximum Gasteiger partial charge on any atom is 0.303 e. The van der Waals surface area contributed by atoms with E-state index >= 15 is 0 Å². The highest BCUT2D eigenvalue weighted by atomic mass is 32.2. The van der Waals surface area contributed by atoms with Gasteiger partial charge in [-0.3, -0.25) is 4.79 Å². The zero-order valence-electron chi connectivity index (χ0n) is 11.4. The maximum absolute atomic E-state index is 12.4. The molecular weight excluding hydrogens is 312 g/mol. The van der Waals surface area contributed by atoms with Crippen molar-refractivity contribution in [2.24, 2.45) is 5.92 Å². The second-order valence-electron chi connectivity index (χ2n) is 5.01. The number of thiophene rings is 1. The van der Waals surface area contributed by atoms with Crippen LogP contribution < -0.4 is 0 Å². The molecule has 0 aromatic carbocycles. The predicted molar refractivity (Wildman–Crippen MR) is 77.4 cm³/mol.